The van der Waals surface area contributed by atoms with Crippen LogP contribution < -0.4 is 9.47 Å². The van der Waals surface area contributed by atoms with Crippen LogP contribution in [-0.4, -0.2) is 31.1 Å². The molecule has 0 saturated carbocycles. The number of carbonyl (C=O) groups excluding carboxylic acids is 2. The fourth-order valence-corrected chi connectivity index (χ4v) is 1.89. The largest absolute Gasteiger partial charge is 0.618 e. The number of rotatable bonds is 4. The first-order chi connectivity index (χ1) is 10.5. The highest BCUT2D eigenvalue weighted by atomic mass is 16.5. The SMILES string of the molecule is COC(=O)c1c(COC(C)=O)nc2ccc(OC)cc2[n+]1[O-]. The molecule has 0 amide bonds. The minimum absolute atomic E-state index is 0.0229. The zero-order valence-corrected chi connectivity index (χ0v) is 12.3. The zero-order valence-electron chi connectivity index (χ0n) is 12.3. The van der Waals surface area contributed by atoms with Crippen molar-refractivity contribution >= 4 is 23.0 Å². The number of hydrogen-bond acceptors (Lipinski definition) is 7. The Morgan fingerprint density at radius 1 is 1.32 bits per heavy atom. The van der Waals surface area contributed by atoms with Crippen LogP contribution in [0.25, 0.3) is 11.0 Å². The molecule has 0 aliphatic carbocycles. The first-order valence-electron chi connectivity index (χ1n) is 6.29. The summed E-state index contributed by atoms with van der Waals surface area (Å²) < 4.78 is 14.9. The molecule has 8 heteroatoms. The van der Waals surface area contributed by atoms with Gasteiger partial charge in [0.25, 0.3) is 0 Å². The van der Waals surface area contributed by atoms with Crippen molar-refractivity contribution in [1.82, 2.24) is 4.98 Å². The summed E-state index contributed by atoms with van der Waals surface area (Å²) in [5, 5.41) is 12.4. The lowest BCUT2D eigenvalue weighted by Gasteiger charge is -2.11. The number of hydrogen-bond donors (Lipinski definition) is 0. The standard InChI is InChI=1S/C14H14N2O6/c1-8(17)22-7-11-13(14(18)21-3)16(19)12-6-9(20-2)4-5-10(12)15-11/h4-6H,7H2,1-3H3. The van der Waals surface area contributed by atoms with Gasteiger partial charge in [0.15, 0.2) is 5.69 Å². The number of carbonyl (C=O) groups is 2. The second kappa shape index (κ2) is 6.25. The van der Waals surface area contributed by atoms with Crippen molar-refractivity contribution in [2.24, 2.45) is 0 Å². The van der Waals surface area contributed by atoms with Gasteiger partial charge in [-0.25, -0.2) is 9.78 Å². The van der Waals surface area contributed by atoms with Crippen LogP contribution in [0.1, 0.15) is 23.1 Å². The van der Waals surface area contributed by atoms with Gasteiger partial charge in [-0.1, -0.05) is 0 Å². The van der Waals surface area contributed by atoms with E-state index in [0.29, 0.717) is 16.0 Å². The number of aromatic nitrogens is 2. The highest BCUT2D eigenvalue weighted by Gasteiger charge is 2.27. The Morgan fingerprint density at radius 2 is 2.05 bits per heavy atom. The Labute approximate surface area is 125 Å². The van der Waals surface area contributed by atoms with Gasteiger partial charge >= 0.3 is 17.6 Å². The molecule has 0 aliphatic heterocycles. The predicted octanol–water partition coefficient (Wildman–Crippen LogP) is 0.726. The predicted molar refractivity (Wildman–Crippen MR) is 74.1 cm³/mol. The van der Waals surface area contributed by atoms with Crippen molar-refractivity contribution in [2.75, 3.05) is 14.2 Å². The number of ether oxygens (including phenoxy) is 3. The van der Waals surface area contributed by atoms with Crippen molar-refractivity contribution in [3.8, 4) is 5.75 Å². The normalized spacial score (nSPS) is 10.3. The maximum Gasteiger partial charge on any atom is 0.406 e. The second-order valence-electron chi connectivity index (χ2n) is 4.33. The van der Waals surface area contributed by atoms with E-state index in [-0.39, 0.29) is 23.5 Å². The molecule has 8 nitrogen and oxygen atoms in total. The van der Waals surface area contributed by atoms with E-state index in [9.17, 15) is 14.8 Å². The minimum Gasteiger partial charge on any atom is -0.618 e. The fourth-order valence-electron chi connectivity index (χ4n) is 1.89. The number of esters is 2. The highest BCUT2D eigenvalue weighted by molar-refractivity contribution is 5.88. The third-order valence-corrected chi connectivity index (χ3v) is 2.92. The van der Waals surface area contributed by atoms with Gasteiger partial charge in [-0.15, -0.1) is 0 Å². The molecule has 0 atom stereocenters. The molecule has 0 N–H and O–H groups in total. The second-order valence-corrected chi connectivity index (χ2v) is 4.33. The van der Waals surface area contributed by atoms with E-state index >= 15 is 0 Å². The van der Waals surface area contributed by atoms with Gasteiger partial charge < -0.3 is 19.4 Å². The molecular formula is C14H14N2O6. The first-order valence-corrected chi connectivity index (χ1v) is 6.29. The Morgan fingerprint density at radius 3 is 2.64 bits per heavy atom. The zero-order chi connectivity index (χ0) is 16.3. The molecule has 0 aliphatic rings. The van der Waals surface area contributed by atoms with E-state index in [1.54, 1.807) is 12.1 Å². The van der Waals surface area contributed by atoms with Crippen molar-refractivity contribution < 1.29 is 28.5 Å². The summed E-state index contributed by atoms with van der Waals surface area (Å²) in [7, 11) is 2.60. The van der Waals surface area contributed by atoms with E-state index < -0.39 is 11.9 Å². The van der Waals surface area contributed by atoms with E-state index in [1.807, 2.05) is 0 Å². The minimum atomic E-state index is -0.866. The summed E-state index contributed by atoms with van der Waals surface area (Å²) in [6.07, 6.45) is 0. The summed E-state index contributed by atoms with van der Waals surface area (Å²) in [5.41, 5.74) is 0.177. The number of fused-ring (bicyclic) bond motifs is 1. The lowest BCUT2D eigenvalue weighted by molar-refractivity contribution is -0.581. The molecular weight excluding hydrogens is 292 g/mol. The first kappa shape index (κ1) is 15.5. The average molecular weight is 306 g/mol. The van der Waals surface area contributed by atoms with Gasteiger partial charge in [0.05, 0.1) is 20.3 Å². The Balaban J connectivity index is 2.66. The van der Waals surface area contributed by atoms with Crippen LogP contribution in [0.15, 0.2) is 18.2 Å². The van der Waals surface area contributed by atoms with E-state index in [0.717, 1.165) is 7.11 Å². The lowest BCUT2D eigenvalue weighted by atomic mass is 10.2. The molecule has 116 valence electrons. The number of methoxy groups -OCH3 is 2. The van der Waals surface area contributed by atoms with Gasteiger partial charge in [-0.2, -0.15) is 4.73 Å². The van der Waals surface area contributed by atoms with E-state index in [4.69, 9.17) is 9.47 Å². The maximum atomic E-state index is 12.4. The summed E-state index contributed by atoms with van der Waals surface area (Å²) in [4.78, 5) is 27.0. The van der Waals surface area contributed by atoms with Gasteiger partial charge in [0.2, 0.25) is 5.52 Å². The molecule has 0 bridgehead atoms. The van der Waals surface area contributed by atoms with Crippen molar-refractivity contribution in [1.29, 1.82) is 0 Å². The Kier molecular flexibility index (Phi) is 4.40. The van der Waals surface area contributed by atoms with Crippen LogP contribution in [-0.2, 0) is 20.9 Å². The monoisotopic (exact) mass is 306 g/mol. The van der Waals surface area contributed by atoms with Gasteiger partial charge in [-0.05, 0) is 12.1 Å². The molecule has 1 aromatic heterocycles. The Bertz CT molecular complexity index is 744. The lowest BCUT2D eigenvalue weighted by Crippen LogP contribution is -2.38. The van der Waals surface area contributed by atoms with Crippen LogP contribution in [0, 0.1) is 5.21 Å². The van der Waals surface area contributed by atoms with Crippen LogP contribution in [0.2, 0.25) is 0 Å². The third-order valence-electron chi connectivity index (χ3n) is 2.92. The maximum absolute atomic E-state index is 12.4. The molecule has 0 spiro atoms. The van der Waals surface area contributed by atoms with E-state index in [2.05, 4.69) is 9.72 Å². The highest BCUT2D eigenvalue weighted by Crippen LogP contribution is 2.19. The molecule has 2 rings (SSSR count). The molecule has 0 radical (unpaired) electrons. The molecule has 0 saturated heterocycles. The Hall–Kier alpha value is -2.90. The summed E-state index contributed by atoms with van der Waals surface area (Å²) in [6.45, 7) is 0.916. The number of nitrogens with zero attached hydrogens (tertiary/aromatic N) is 2. The van der Waals surface area contributed by atoms with Crippen LogP contribution in [0.4, 0.5) is 0 Å². The third kappa shape index (κ3) is 2.90. The van der Waals surface area contributed by atoms with Crippen LogP contribution in [0.5, 0.6) is 5.75 Å². The molecule has 1 aromatic carbocycles. The van der Waals surface area contributed by atoms with Gasteiger partial charge in [0.1, 0.15) is 17.9 Å². The fraction of sp³-hybridized carbons (Fsp3) is 0.286. The summed E-state index contributed by atoms with van der Waals surface area (Å²) >= 11 is 0. The van der Waals surface area contributed by atoms with Crippen LogP contribution in [0.3, 0.4) is 0 Å². The van der Waals surface area contributed by atoms with Crippen LogP contribution >= 0.6 is 0 Å². The van der Waals surface area contributed by atoms with Gasteiger partial charge in [-0.3, -0.25) is 4.79 Å². The molecule has 2 aromatic rings. The molecule has 0 fully saturated rings. The smallest absolute Gasteiger partial charge is 0.406 e. The number of benzene rings is 1. The molecule has 22 heavy (non-hydrogen) atoms. The molecule has 1 heterocycles. The quantitative estimate of drug-likeness (QED) is 0.466. The molecule has 0 unspecified atom stereocenters. The summed E-state index contributed by atoms with van der Waals surface area (Å²) in [5.74, 6) is -0.971. The van der Waals surface area contributed by atoms with Crippen molar-refractivity contribution in [3.05, 3.63) is 34.8 Å². The van der Waals surface area contributed by atoms with Gasteiger partial charge in [0, 0.05) is 6.92 Å². The topological polar surface area (TPSA) is 102 Å². The van der Waals surface area contributed by atoms with Crippen molar-refractivity contribution in [3.63, 3.8) is 0 Å². The summed E-state index contributed by atoms with van der Waals surface area (Å²) in [6, 6.07) is 4.65. The van der Waals surface area contributed by atoms with Crippen molar-refractivity contribution in [2.45, 2.75) is 13.5 Å². The van der Waals surface area contributed by atoms with E-state index in [1.165, 1.54) is 20.1 Å². The average Bonchev–Trinajstić information content (AvgIpc) is 2.52.